The van der Waals surface area contributed by atoms with Crippen molar-refractivity contribution in [3.63, 3.8) is 0 Å². The highest BCUT2D eigenvalue weighted by atomic mass is 32.2. The van der Waals surface area contributed by atoms with Crippen LogP contribution in [-0.4, -0.2) is 37.8 Å². The Morgan fingerprint density at radius 1 is 0.935 bits per heavy atom. The molecule has 0 atom stereocenters. The van der Waals surface area contributed by atoms with Gasteiger partial charge in [-0.25, -0.2) is 8.42 Å². The van der Waals surface area contributed by atoms with Crippen LogP contribution < -0.4 is 5.32 Å². The molecule has 1 N–H and O–H groups in total. The fourth-order valence-electron chi connectivity index (χ4n) is 3.10. The highest BCUT2D eigenvalue weighted by Crippen LogP contribution is 2.17. The monoisotopic (exact) mass is 446 g/mol. The normalized spacial score (nSPS) is 11.8. The van der Waals surface area contributed by atoms with Gasteiger partial charge in [-0.1, -0.05) is 50.2 Å². The topological polar surface area (TPSA) is 75.7 Å². The molecule has 0 heterocycles. The zero-order chi connectivity index (χ0) is 22.9. The molecule has 0 bridgehead atoms. The molecule has 0 aromatic heterocycles. The van der Waals surface area contributed by atoms with Crippen LogP contribution in [0, 0.1) is 0 Å². The molecule has 0 saturated carbocycles. The van der Waals surface area contributed by atoms with Crippen molar-refractivity contribution >= 4 is 15.9 Å². The van der Waals surface area contributed by atoms with E-state index >= 15 is 0 Å². The summed E-state index contributed by atoms with van der Waals surface area (Å²) < 4.78 is 32.1. The summed E-state index contributed by atoms with van der Waals surface area (Å²) in [7, 11) is -3.45. The first-order chi connectivity index (χ1) is 14.8. The van der Waals surface area contributed by atoms with Gasteiger partial charge in [-0.2, -0.15) is 4.31 Å². The summed E-state index contributed by atoms with van der Waals surface area (Å²) in [5.74, 6) is -0.0351. The Labute approximate surface area is 186 Å². The van der Waals surface area contributed by atoms with Gasteiger partial charge < -0.3 is 10.1 Å². The van der Waals surface area contributed by atoms with Gasteiger partial charge in [-0.15, -0.1) is 0 Å². The van der Waals surface area contributed by atoms with E-state index in [-0.39, 0.29) is 16.9 Å². The molecule has 170 valence electrons. The third kappa shape index (κ3) is 7.76. The van der Waals surface area contributed by atoms with Crippen molar-refractivity contribution in [2.24, 2.45) is 0 Å². The van der Waals surface area contributed by atoms with E-state index in [1.54, 1.807) is 24.3 Å². The van der Waals surface area contributed by atoms with E-state index in [0.29, 0.717) is 39.1 Å². The first-order valence-corrected chi connectivity index (χ1v) is 12.3. The van der Waals surface area contributed by atoms with Crippen molar-refractivity contribution < 1.29 is 17.9 Å². The van der Waals surface area contributed by atoms with Crippen LogP contribution >= 0.6 is 0 Å². The minimum absolute atomic E-state index is 0.0351. The second kappa shape index (κ2) is 12.0. The van der Waals surface area contributed by atoms with E-state index in [9.17, 15) is 13.2 Å². The van der Waals surface area contributed by atoms with Gasteiger partial charge in [0.15, 0.2) is 0 Å². The van der Waals surface area contributed by atoms with Crippen LogP contribution in [0.2, 0.25) is 0 Å². The van der Waals surface area contributed by atoms with E-state index < -0.39 is 10.0 Å². The van der Waals surface area contributed by atoms with Gasteiger partial charge in [-0.05, 0) is 49.1 Å². The molecule has 0 saturated heterocycles. The fraction of sp³-hybridized carbons (Fsp3) is 0.458. The lowest BCUT2D eigenvalue weighted by molar-refractivity contribution is -0.121. The molecule has 6 nitrogen and oxygen atoms in total. The molecule has 2 aromatic rings. The van der Waals surface area contributed by atoms with Gasteiger partial charge in [0.05, 0.1) is 17.6 Å². The molecule has 2 aromatic carbocycles. The first-order valence-electron chi connectivity index (χ1n) is 10.8. The number of carbonyl (C=O) groups excluding carboxylic acids is 1. The van der Waals surface area contributed by atoms with Crippen molar-refractivity contribution in [1.29, 1.82) is 0 Å². The van der Waals surface area contributed by atoms with Gasteiger partial charge in [0.2, 0.25) is 15.9 Å². The van der Waals surface area contributed by atoms with E-state index in [1.165, 1.54) is 4.31 Å². The number of hydrogen-bond donors (Lipinski definition) is 1. The highest BCUT2D eigenvalue weighted by molar-refractivity contribution is 7.89. The predicted octanol–water partition coefficient (Wildman–Crippen LogP) is 3.89. The molecule has 0 aliphatic carbocycles. The molecule has 1 amide bonds. The van der Waals surface area contributed by atoms with Crippen molar-refractivity contribution in [3.05, 3.63) is 65.2 Å². The lowest BCUT2D eigenvalue weighted by Gasteiger charge is -2.18. The Kier molecular flexibility index (Phi) is 9.68. The summed E-state index contributed by atoms with van der Waals surface area (Å²) in [4.78, 5) is 12.5. The molecule has 0 aliphatic heterocycles. The standard InChI is InChI=1S/C24H34N2O4S/c1-5-26(6-2)31(28,29)23-14-11-20(12-15-23)13-16-24(27)25-17-21-7-9-22(10-8-21)18-30-19(3)4/h7-12,14-15,19H,5-6,13,16-18H2,1-4H3,(H,25,27). The average Bonchev–Trinajstić information content (AvgIpc) is 2.76. The molecule has 0 unspecified atom stereocenters. The van der Waals surface area contributed by atoms with Gasteiger partial charge in [-0.3, -0.25) is 4.79 Å². The minimum Gasteiger partial charge on any atom is -0.374 e. The smallest absolute Gasteiger partial charge is 0.243 e. The van der Waals surface area contributed by atoms with Crippen molar-refractivity contribution in [2.75, 3.05) is 13.1 Å². The summed E-state index contributed by atoms with van der Waals surface area (Å²) in [5.41, 5.74) is 3.07. The summed E-state index contributed by atoms with van der Waals surface area (Å²) in [6.07, 6.45) is 1.10. The summed E-state index contributed by atoms with van der Waals surface area (Å²) in [6, 6.07) is 14.8. The molecular formula is C24H34N2O4S. The Balaban J connectivity index is 1.81. The van der Waals surface area contributed by atoms with Crippen LogP contribution in [-0.2, 0) is 39.1 Å². The Morgan fingerprint density at radius 3 is 2.03 bits per heavy atom. The molecule has 7 heteroatoms. The quantitative estimate of drug-likeness (QED) is 0.537. The fourth-order valence-corrected chi connectivity index (χ4v) is 4.56. The SMILES string of the molecule is CCN(CC)S(=O)(=O)c1ccc(CCC(=O)NCc2ccc(COC(C)C)cc2)cc1. The second-order valence-corrected chi connectivity index (χ2v) is 9.62. The average molecular weight is 447 g/mol. The molecule has 0 fully saturated rings. The number of benzene rings is 2. The van der Waals surface area contributed by atoms with Crippen LogP contribution in [0.4, 0.5) is 0 Å². The van der Waals surface area contributed by atoms with Crippen LogP contribution in [0.3, 0.4) is 0 Å². The maximum Gasteiger partial charge on any atom is 0.243 e. The van der Waals surface area contributed by atoms with E-state index in [2.05, 4.69) is 5.32 Å². The molecular weight excluding hydrogens is 412 g/mol. The first kappa shape index (κ1) is 25.0. The summed E-state index contributed by atoms with van der Waals surface area (Å²) in [6.45, 7) is 9.60. The van der Waals surface area contributed by atoms with Crippen molar-refractivity contribution in [1.82, 2.24) is 9.62 Å². The van der Waals surface area contributed by atoms with Gasteiger partial charge in [0.25, 0.3) is 0 Å². The molecule has 2 rings (SSSR count). The number of aryl methyl sites for hydroxylation is 1. The number of nitrogens with one attached hydrogen (secondary N) is 1. The van der Waals surface area contributed by atoms with E-state index in [1.807, 2.05) is 52.0 Å². The number of ether oxygens (including phenoxy) is 1. The number of carbonyl (C=O) groups is 1. The molecule has 0 radical (unpaired) electrons. The highest BCUT2D eigenvalue weighted by Gasteiger charge is 2.21. The van der Waals surface area contributed by atoms with Gasteiger partial charge >= 0.3 is 0 Å². The lowest BCUT2D eigenvalue weighted by atomic mass is 10.1. The maximum atomic E-state index is 12.5. The Bertz CT molecular complexity index is 919. The summed E-state index contributed by atoms with van der Waals surface area (Å²) >= 11 is 0. The number of rotatable bonds is 12. The van der Waals surface area contributed by atoms with Crippen LogP contribution in [0.5, 0.6) is 0 Å². The van der Waals surface area contributed by atoms with Crippen LogP contribution in [0.15, 0.2) is 53.4 Å². The maximum absolute atomic E-state index is 12.5. The van der Waals surface area contributed by atoms with Crippen molar-refractivity contribution in [3.8, 4) is 0 Å². The third-order valence-electron chi connectivity index (χ3n) is 5.00. The zero-order valence-electron chi connectivity index (χ0n) is 18.9. The third-order valence-corrected chi connectivity index (χ3v) is 7.07. The molecule has 0 aliphatic rings. The van der Waals surface area contributed by atoms with Gasteiger partial charge in [0.1, 0.15) is 0 Å². The number of hydrogen-bond acceptors (Lipinski definition) is 4. The number of nitrogens with zero attached hydrogens (tertiary/aromatic N) is 1. The largest absolute Gasteiger partial charge is 0.374 e. The molecule has 0 spiro atoms. The van der Waals surface area contributed by atoms with Crippen molar-refractivity contribution in [2.45, 2.75) is 64.7 Å². The number of sulfonamides is 1. The van der Waals surface area contributed by atoms with E-state index in [0.717, 1.165) is 16.7 Å². The predicted molar refractivity (Wildman–Crippen MR) is 123 cm³/mol. The van der Waals surface area contributed by atoms with E-state index in [4.69, 9.17) is 4.74 Å². The lowest BCUT2D eigenvalue weighted by Crippen LogP contribution is -2.30. The Hall–Kier alpha value is -2.22. The number of amides is 1. The minimum atomic E-state index is -3.45. The Morgan fingerprint density at radius 2 is 1.48 bits per heavy atom. The second-order valence-electron chi connectivity index (χ2n) is 7.69. The molecule has 31 heavy (non-hydrogen) atoms. The summed E-state index contributed by atoms with van der Waals surface area (Å²) in [5, 5.41) is 2.93. The van der Waals surface area contributed by atoms with Crippen LogP contribution in [0.25, 0.3) is 0 Å². The zero-order valence-corrected chi connectivity index (χ0v) is 19.7. The van der Waals surface area contributed by atoms with Crippen LogP contribution in [0.1, 0.15) is 50.8 Å². The van der Waals surface area contributed by atoms with Gasteiger partial charge in [0, 0.05) is 26.1 Å².